The molecule has 0 radical (unpaired) electrons. The third-order valence-electron chi connectivity index (χ3n) is 4.56. The van der Waals surface area contributed by atoms with Gasteiger partial charge in [-0.2, -0.15) is 0 Å². The van der Waals surface area contributed by atoms with Crippen molar-refractivity contribution in [3.05, 3.63) is 46.8 Å². The van der Waals surface area contributed by atoms with E-state index in [9.17, 15) is 9.59 Å². The van der Waals surface area contributed by atoms with Gasteiger partial charge >= 0.3 is 0 Å². The molecular formula is C21H25N3O2S. The molecule has 27 heavy (non-hydrogen) atoms. The number of aromatic nitrogens is 2. The molecule has 1 atom stereocenters. The Balaban J connectivity index is 1.91. The minimum absolute atomic E-state index is 0.0311. The molecule has 1 amide bonds. The zero-order valence-electron chi connectivity index (χ0n) is 16.0. The van der Waals surface area contributed by atoms with Gasteiger partial charge in [-0.05, 0) is 43.2 Å². The molecule has 6 heteroatoms. The SMILES string of the molecule is CCC[C@@H](C)NC(=O)CSc1nc2cc3ccccc3cc2c(=O)n1CC. The maximum atomic E-state index is 12.9. The van der Waals surface area contributed by atoms with E-state index in [0.717, 1.165) is 23.6 Å². The van der Waals surface area contributed by atoms with Gasteiger partial charge in [0.05, 0.1) is 16.7 Å². The summed E-state index contributed by atoms with van der Waals surface area (Å²) in [5.74, 6) is 0.219. The van der Waals surface area contributed by atoms with E-state index < -0.39 is 0 Å². The highest BCUT2D eigenvalue weighted by molar-refractivity contribution is 7.99. The number of benzene rings is 2. The van der Waals surface area contributed by atoms with Crippen LogP contribution in [0, 0.1) is 0 Å². The summed E-state index contributed by atoms with van der Waals surface area (Å²) in [4.78, 5) is 29.8. The van der Waals surface area contributed by atoms with Crippen LogP contribution in [0.4, 0.5) is 0 Å². The maximum Gasteiger partial charge on any atom is 0.262 e. The second-order valence-corrected chi connectivity index (χ2v) is 7.65. The third kappa shape index (κ3) is 4.33. The fourth-order valence-corrected chi connectivity index (χ4v) is 4.10. The Kier molecular flexibility index (Phi) is 6.16. The van der Waals surface area contributed by atoms with Crippen molar-refractivity contribution < 1.29 is 4.79 Å². The molecule has 1 heterocycles. The van der Waals surface area contributed by atoms with Gasteiger partial charge in [-0.3, -0.25) is 14.2 Å². The maximum absolute atomic E-state index is 12.9. The number of carbonyl (C=O) groups excluding carboxylic acids is 1. The number of hydrogen-bond donors (Lipinski definition) is 1. The first-order chi connectivity index (χ1) is 13.0. The van der Waals surface area contributed by atoms with Crippen molar-refractivity contribution in [2.45, 2.75) is 51.4 Å². The van der Waals surface area contributed by atoms with Crippen LogP contribution in [0.1, 0.15) is 33.6 Å². The van der Waals surface area contributed by atoms with Crippen LogP contribution in [0.15, 0.2) is 46.3 Å². The quantitative estimate of drug-likeness (QED) is 0.381. The van der Waals surface area contributed by atoms with Gasteiger partial charge in [0.1, 0.15) is 0 Å². The molecule has 0 aliphatic heterocycles. The number of hydrogen-bond acceptors (Lipinski definition) is 4. The average Bonchev–Trinajstić information content (AvgIpc) is 2.65. The Morgan fingerprint density at radius 2 is 1.93 bits per heavy atom. The normalized spacial score (nSPS) is 12.4. The second kappa shape index (κ2) is 8.57. The van der Waals surface area contributed by atoms with Crippen LogP contribution in [0.2, 0.25) is 0 Å². The van der Waals surface area contributed by atoms with Crippen molar-refractivity contribution in [3.8, 4) is 0 Å². The van der Waals surface area contributed by atoms with E-state index in [1.165, 1.54) is 11.8 Å². The summed E-state index contributed by atoms with van der Waals surface area (Å²) in [6.07, 6.45) is 1.99. The molecule has 0 saturated carbocycles. The monoisotopic (exact) mass is 383 g/mol. The predicted octanol–water partition coefficient (Wildman–Crippen LogP) is 3.97. The van der Waals surface area contributed by atoms with Gasteiger partial charge in [0.15, 0.2) is 5.16 Å². The summed E-state index contributed by atoms with van der Waals surface area (Å²) in [6.45, 7) is 6.54. The van der Waals surface area contributed by atoms with Gasteiger partial charge < -0.3 is 5.32 Å². The fourth-order valence-electron chi connectivity index (χ4n) is 3.23. The number of rotatable bonds is 7. The van der Waals surface area contributed by atoms with E-state index in [-0.39, 0.29) is 23.3 Å². The molecule has 1 aromatic heterocycles. The largest absolute Gasteiger partial charge is 0.353 e. The molecule has 3 rings (SSSR count). The smallest absolute Gasteiger partial charge is 0.262 e. The lowest BCUT2D eigenvalue weighted by Crippen LogP contribution is -2.34. The molecule has 0 bridgehead atoms. The van der Waals surface area contributed by atoms with Gasteiger partial charge in [0, 0.05) is 12.6 Å². The van der Waals surface area contributed by atoms with Crippen molar-refractivity contribution in [2.75, 3.05) is 5.75 Å². The number of nitrogens with zero attached hydrogens (tertiary/aromatic N) is 2. The number of amides is 1. The molecule has 0 aliphatic carbocycles. The first-order valence-electron chi connectivity index (χ1n) is 9.39. The Bertz CT molecular complexity index is 1030. The van der Waals surface area contributed by atoms with Crippen molar-refractivity contribution >= 4 is 39.3 Å². The Morgan fingerprint density at radius 3 is 2.59 bits per heavy atom. The van der Waals surface area contributed by atoms with Crippen LogP contribution in [0.5, 0.6) is 0 Å². The summed E-state index contributed by atoms with van der Waals surface area (Å²) in [5.41, 5.74) is 0.612. The lowest BCUT2D eigenvalue weighted by atomic mass is 10.1. The predicted molar refractivity (Wildman–Crippen MR) is 112 cm³/mol. The highest BCUT2D eigenvalue weighted by Gasteiger charge is 2.14. The number of nitrogens with one attached hydrogen (secondary N) is 1. The Morgan fingerprint density at radius 1 is 1.22 bits per heavy atom. The topological polar surface area (TPSA) is 64.0 Å². The van der Waals surface area contributed by atoms with Gasteiger partial charge in [-0.25, -0.2) is 4.98 Å². The highest BCUT2D eigenvalue weighted by atomic mass is 32.2. The molecule has 0 spiro atoms. The summed E-state index contributed by atoms with van der Waals surface area (Å²) < 4.78 is 1.64. The van der Waals surface area contributed by atoms with Crippen molar-refractivity contribution in [3.63, 3.8) is 0 Å². The Labute approximate surface area is 163 Å². The molecule has 5 nitrogen and oxygen atoms in total. The van der Waals surface area contributed by atoms with E-state index in [1.54, 1.807) is 4.57 Å². The fraction of sp³-hybridized carbons (Fsp3) is 0.381. The van der Waals surface area contributed by atoms with E-state index in [1.807, 2.05) is 50.2 Å². The van der Waals surface area contributed by atoms with Crippen LogP contribution in [-0.4, -0.2) is 27.3 Å². The van der Waals surface area contributed by atoms with Crippen molar-refractivity contribution in [1.29, 1.82) is 0 Å². The van der Waals surface area contributed by atoms with Crippen LogP contribution in [0.25, 0.3) is 21.7 Å². The lowest BCUT2D eigenvalue weighted by Gasteiger charge is -2.14. The molecule has 2 aromatic carbocycles. The minimum atomic E-state index is -0.0597. The van der Waals surface area contributed by atoms with E-state index in [4.69, 9.17) is 4.98 Å². The highest BCUT2D eigenvalue weighted by Crippen LogP contribution is 2.22. The van der Waals surface area contributed by atoms with Crippen molar-refractivity contribution in [2.24, 2.45) is 0 Å². The standard InChI is InChI=1S/C21H25N3O2S/c1-4-8-14(3)22-19(25)13-27-21-23-18-12-16-10-7-6-9-15(16)11-17(18)20(26)24(21)5-2/h6-7,9-12,14H,4-5,8,13H2,1-3H3,(H,22,25)/t14-/m1/s1. The van der Waals surface area contributed by atoms with Gasteiger partial charge in [0.25, 0.3) is 5.56 Å². The Hall–Kier alpha value is -2.34. The summed E-state index contributed by atoms with van der Waals surface area (Å²) in [6, 6.07) is 11.9. The summed E-state index contributed by atoms with van der Waals surface area (Å²) in [7, 11) is 0. The number of fused-ring (bicyclic) bond motifs is 2. The molecule has 142 valence electrons. The molecule has 0 aliphatic rings. The zero-order valence-corrected chi connectivity index (χ0v) is 16.8. The second-order valence-electron chi connectivity index (χ2n) is 6.71. The van der Waals surface area contributed by atoms with E-state index in [0.29, 0.717) is 22.6 Å². The van der Waals surface area contributed by atoms with Crippen LogP contribution in [0.3, 0.4) is 0 Å². The van der Waals surface area contributed by atoms with Crippen LogP contribution >= 0.6 is 11.8 Å². The average molecular weight is 384 g/mol. The van der Waals surface area contributed by atoms with Crippen molar-refractivity contribution in [1.82, 2.24) is 14.9 Å². The first-order valence-corrected chi connectivity index (χ1v) is 10.4. The number of carbonyl (C=O) groups is 1. The lowest BCUT2D eigenvalue weighted by molar-refractivity contribution is -0.119. The van der Waals surface area contributed by atoms with Gasteiger partial charge in [0.2, 0.25) is 5.91 Å². The molecule has 3 aromatic rings. The number of thioether (sulfide) groups is 1. The van der Waals surface area contributed by atoms with Crippen LogP contribution in [-0.2, 0) is 11.3 Å². The minimum Gasteiger partial charge on any atom is -0.353 e. The molecule has 0 unspecified atom stereocenters. The third-order valence-corrected chi connectivity index (χ3v) is 5.54. The summed E-state index contributed by atoms with van der Waals surface area (Å²) >= 11 is 1.31. The van der Waals surface area contributed by atoms with E-state index in [2.05, 4.69) is 12.2 Å². The van der Waals surface area contributed by atoms with Gasteiger partial charge in [-0.1, -0.05) is 49.4 Å². The zero-order chi connectivity index (χ0) is 19.4. The summed E-state index contributed by atoms with van der Waals surface area (Å²) in [5, 5.41) is 6.26. The molecule has 1 N–H and O–H groups in total. The van der Waals surface area contributed by atoms with Gasteiger partial charge in [-0.15, -0.1) is 0 Å². The first kappa shape index (κ1) is 19.4. The van der Waals surface area contributed by atoms with Crippen LogP contribution < -0.4 is 10.9 Å². The molecule has 0 fully saturated rings. The molecular weight excluding hydrogens is 358 g/mol. The molecule has 0 saturated heterocycles. The van der Waals surface area contributed by atoms with E-state index >= 15 is 0 Å².